The molecule has 0 aliphatic heterocycles. The predicted molar refractivity (Wildman–Crippen MR) is 79.7 cm³/mol. The minimum Gasteiger partial charge on any atom is -0.352 e. The van der Waals surface area contributed by atoms with Gasteiger partial charge in [-0.05, 0) is 24.3 Å². The first-order valence-electron chi connectivity index (χ1n) is 7.06. The third-order valence-electron chi connectivity index (χ3n) is 4.18. The predicted octanol–water partition coefficient (Wildman–Crippen LogP) is 2.05. The summed E-state index contributed by atoms with van der Waals surface area (Å²) in [5, 5.41) is 13.7. The number of anilines is 1. The highest BCUT2D eigenvalue weighted by Crippen LogP contribution is 2.30. The average molecular weight is 292 g/mol. The lowest BCUT2D eigenvalue weighted by Crippen LogP contribution is -2.31. The number of nitrogens with two attached hydrogens (primary N) is 1. The number of nitrogens with one attached hydrogen (secondary N) is 2. The van der Waals surface area contributed by atoms with Gasteiger partial charge in [-0.15, -0.1) is 0 Å². The first-order valence-corrected chi connectivity index (χ1v) is 7.06. The van der Waals surface area contributed by atoms with Gasteiger partial charge in [-0.1, -0.05) is 19.8 Å². The Labute approximate surface area is 123 Å². The minimum absolute atomic E-state index is 0.131. The molecule has 2 rings (SSSR count). The molecule has 1 saturated carbocycles. The summed E-state index contributed by atoms with van der Waals surface area (Å²) < 4.78 is 0. The number of hydrogen-bond acceptors (Lipinski definition) is 5. The van der Waals surface area contributed by atoms with Crippen molar-refractivity contribution in [1.29, 1.82) is 0 Å². The molecule has 4 N–H and O–H groups in total. The van der Waals surface area contributed by atoms with Gasteiger partial charge in [0.15, 0.2) is 0 Å². The van der Waals surface area contributed by atoms with Gasteiger partial charge in [0.25, 0.3) is 11.6 Å². The number of nitro benzene ring substituents is 1. The zero-order valence-electron chi connectivity index (χ0n) is 12.0. The van der Waals surface area contributed by atoms with E-state index in [0.717, 1.165) is 6.42 Å². The van der Waals surface area contributed by atoms with Gasteiger partial charge in [-0.3, -0.25) is 20.8 Å². The van der Waals surface area contributed by atoms with Crippen molar-refractivity contribution in [3.8, 4) is 0 Å². The number of nitrogens with zero attached hydrogens (tertiary/aromatic N) is 1. The number of hydrogen-bond donors (Lipinski definition) is 3. The molecule has 7 heteroatoms. The standard InChI is InChI=1S/C14H20N4O3/c1-9-3-2-4-10(9)8-16-14(19)12-7-11(18(20)21)5-6-13(12)17-15/h5-7,9-10,17H,2-4,8,15H2,1H3,(H,16,19). The summed E-state index contributed by atoms with van der Waals surface area (Å²) in [7, 11) is 0. The quantitative estimate of drug-likeness (QED) is 0.437. The number of benzene rings is 1. The highest BCUT2D eigenvalue weighted by Gasteiger charge is 2.24. The van der Waals surface area contributed by atoms with Crippen LogP contribution < -0.4 is 16.6 Å². The first-order chi connectivity index (χ1) is 10.0. The van der Waals surface area contributed by atoms with E-state index in [0.29, 0.717) is 24.1 Å². The van der Waals surface area contributed by atoms with Gasteiger partial charge >= 0.3 is 0 Å². The van der Waals surface area contributed by atoms with Crippen molar-refractivity contribution in [2.24, 2.45) is 17.7 Å². The zero-order chi connectivity index (χ0) is 15.4. The Balaban J connectivity index is 2.10. The highest BCUT2D eigenvalue weighted by atomic mass is 16.6. The van der Waals surface area contributed by atoms with Crippen LogP contribution in [0.2, 0.25) is 0 Å². The maximum absolute atomic E-state index is 12.2. The zero-order valence-corrected chi connectivity index (χ0v) is 12.0. The molecule has 0 heterocycles. The van der Waals surface area contributed by atoms with Gasteiger partial charge in [0.2, 0.25) is 0 Å². The maximum atomic E-state index is 12.2. The fourth-order valence-electron chi connectivity index (χ4n) is 2.80. The molecule has 0 aromatic heterocycles. The summed E-state index contributed by atoms with van der Waals surface area (Å²) >= 11 is 0. The van der Waals surface area contributed by atoms with Crippen LogP contribution in [0.5, 0.6) is 0 Å². The Morgan fingerprint density at radius 3 is 2.81 bits per heavy atom. The van der Waals surface area contributed by atoms with Gasteiger partial charge in [0.1, 0.15) is 0 Å². The third kappa shape index (κ3) is 3.49. The second-order valence-corrected chi connectivity index (χ2v) is 5.51. The number of carbonyl (C=O) groups excluding carboxylic acids is 1. The summed E-state index contributed by atoms with van der Waals surface area (Å²) in [6.45, 7) is 2.77. The topological polar surface area (TPSA) is 110 Å². The van der Waals surface area contributed by atoms with Crippen LogP contribution in [0, 0.1) is 22.0 Å². The molecule has 114 valence electrons. The number of amides is 1. The van der Waals surface area contributed by atoms with Crippen molar-refractivity contribution in [1.82, 2.24) is 5.32 Å². The first kappa shape index (κ1) is 15.2. The van der Waals surface area contributed by atoms with Gasteiger partial charge < -0.3 is 10.7 Å². The van der Waals surface area contributed by atoms with E-state index in [1.54, 1.807) is 0 Å². The molecule has 0 bridgehead atoms. The van der Waals surface area contributed by atoms with Crippen LogP contribution in [-0.2, 0) is 0 Å². The Morgan fingerprint density at radius 2 is 2.24 bits per heavy atom. The van der Waals surface area contributed by atoms with Crippen LogP contribution in [0.25, 0.3) is 0 Å². The minimum atomic E-state index is -0.532. The van der Waals surface area contributed by atoms with Crippen molar-refractivity contribution in [3.05, 3.63) is 33.9 Å². The number of rotatable bonds is 5. The van der Waals surface area contributed by atoms with E-state index in [4.69, 9.17) is 5.84 Å². The molecule has 1 aliphatic rings. The van der Waals surface area contributed by atoms with Gasteiger partial charge in [-0.2, -0.15) is 0 Å². The molecule has 7 nitrogen and oxygen atoms in total. The summed E-state index contributed by atoms with van der Waals surface area (Å²) in [6, 6.07) is 3.98. The van der Waals surface area contributed by atoms with E-state index in [1.165, 1.54) is 31.0 Å². The second-order valence-electron chi connectivity index (χ2n) is 5.51. The Hall–Kier alpha value is -2.15. The highest BCUT2D eigenvalue weighted by molar-refractivity contribution is 6.00. The van der Waals surface area contributed by atoms with Crippen molar-refractivity contribution in [3.63, 3.8) is 0 Å². The molecule has 1 aliphatic carbocycles. The number of carbonyl (C=O) groups is 1. The molecule has 0 radical (unpaired) electrons. The lowest BCUT2D eigenvalue weighted by atomic mass is 9.98. The molecule has 0 saturated heterocycles. The fourth-order valence-corrected chi connectivity index (χ4v) is 2.80. The molecular weight excluding hydrogens is 272 g/mol. The van der Waals surface area contributed by atoms with Crippen molar-refractivity contribution in [2.75, 3.05) is 12.0 Å². The smallest absolute Gasteiger partial charge is 0.270 e. The van der Waals surface area contributed by atoms with E-state index < -0.39 is 4.92 Å². The molecule has 1 amide bonds. The van der Waals surface area contributed by atoms with Gasteiger partial charge in [-0.25, -0.2) is 0 Å². The number of nitrogen functional groups attached to an aromatic ring is 1. The Kier molecular flexibility index (Phi) is 4.74. The summed E-state index contributed by atoms with van der Waals surface area (Å²) in [4.78, 5) is 22.5. The van der Waals surface area contributed by atoms with E-state index in [1.807, 2.05) is 0 Å². The van der Waals surface area contributed by atoms with E-state index >= 15 is 0 Å². The molecule has 1 aromatic rings. The second kappa shape index (κ2) is 6.53. The van der Waals surface area contributed by atoms with E-state index in [-0.39, 0.29) is 17.2 Å². The van der Waals surface area contributed by atoms with E-state index in [9.17, 15) is 14.9 Å². The van der Waals surface area contributed by atoms with Crippen molar-refractivity contribution in [2.45, 2.75) is 26.2 Å². The van der Waals surface area contributed by atoms with Crippen molar-refractivity contribution >= 4 is 17.3 Å². The molecular formula is C14H20N4O3. The molecule has 2 unspecified atom stereocenters. The Bertz CT molecular complexity index is 547. The molecule has 21 heavy (non-hydrogen) atoms. The van der Waals surface area contributed by atoms with Crippen LogP contribution in [0.1, 0.15) is 36.5 Å². The normalized spacial score (nSPS) is 21.0. The third-order valence-corrected chi connectivity index (χ3v) is 4.18. The van der Waals surface area contributed by atoms with Crippen LogP contribution >= 0.6 is 0 Å². The summed E-state index contributed by atoms with van der Waals surface area (Å²) in [5.74, 6) is 6.09. The summed E-state index contributed by atoms with van der Waals surface area (Å²) in [6.07, 6.45) is 3.49. The van der Waals surface area contributed by atoms with Gasteiger partial charge in [0, 0.05) is 18.7 Å². The van der Waals surface area contributed by atoms with E-state index in [2.05, 4.69) is 17.7 Å². The molecule has 2 atom stereocenters. The molecule has 1 fully saturated rings. The van der Waals surface area contributed by atoms with Crippen LogP contribution in [0.4, 0.5) is 11.4 Å². The maximum Gasteiger partial charge on any atom is 0.270 e. The fraction of sp³-hybridized carbons (Fsp3) is 0.500. The van der Waals surface area contributed by atoms with Crippen LogP contribution in [0.15, 0.2) is 18.2 Å². The van der Waals surface area contributed by atoms with Crippen LogP contribution in [-0.4, -0.2) is 17.4 Å². The average Bonchev–Trinajstić information content (AvgIpc) is 2.89. The number of nitro groups is 1. The largest absolute Gasteiger partial charge is 0.352 e. The van der Waals surface area contributed by atoms with Gasteiger partial charge in [0.05, 0.1) is 16.2 Å². The van der Waals surface area contributed by atoms with Crippen molar-refractivity contribution < 1.29 is 9.72 Å². The summed E-state index contributed by atoms with van der Waals surface area (Å²) in [5.41, 5.74) is 2.83. The lowest BCUT2D eigenvalue weighted by Gasteiger charge is -2.16. The number of non-ortho nitro benzene ring substituents is 1. The lowest BCUT2D eigenvalue weighted by molar-refractivity contribution is -0.384. The molecule has 0 spiro atoms. The number of hydrazine groups is 1. The monoisotopic (exact) mass is 292 g/mol. The SMILES string of the molecule is CC1CCCC1CNC(=O)c1cc([N+](=O)[O-])ccc1NN. The molecule has 1 aromatic carbocycles. The van der Waals surface area contributed by atoms with Crippen LogP contribution in [0.3, 0.4) is 0 Å². The Morgan fingerprint density at radius 1 is 1.48 bits per heavy atom.